The Hall–Kier alpha value is 0.150. The van der Waals surface area contributed by atoms with Crippen LogP contribution in [0.1, 0.15) is 6.42 Å². The Morgan fingerprint density at radius 2 is 2.05 bits per heavy atom. The molecule has 1 aromatic carbocycles. The fourth-order valence-corrected chi connectivity index (χ4v) is 3.53. The van der Waals surface area contributed by atoms with Crippen LogP contribution < -0.4 is 4.72 Å². The van der Waals surface area contributed by atoms with Gasteiger partial charge in [0.2, 0.25) is 10.0 Å². The second-order valence-corrected chi connectivity index (χ2v) is 7.06. The molecule has 0 aliphatic carbocycles. The molecule has 108 valence electrons. The van der Waals surface area contributed by atoms with E-state index in [-0.39, 0.29) is 16.5 Å². The fraction of sp³-hybridized carbons (Fsp3) is 0.455. The molecule has 19 heavy (non-hydrogen) atoms. The van der Waals surface area contributed by atoms with Crippen LogP contribution in [0.2, 0.25) is 5.02 Å². The molecule has 0 unspecified atom stereocenters. The second kappa shape index (κ2) is 8.44. The third-order valence-electron chi connectivity index (χ3n) is 2.16. The molecular formula is C11H14BrCl2NO3S. The molecule has 1 N–H and O–H groups in total. The molecule has 0 saturated heterocycles. The first-order valence-corrected chi connectivity index (χ1v) is 8.74. The van der Waals surface area contributed by atoms with Crippen LogP contribution in [0.25, 0.3) is 0 Å². The number of alkyl halides is 1. The minimum Gasteiger partial charge on any atom is -0.380 e. The number of ether oxygens (including phenoxy) is 1. The molecule has 0 amide bonds. The Morgan fingerprint density at radius 1 is 1.32 bits per heavy atom. The number of sulfonamides is 1. The minimum atomic E-state index is -3.58. The first kappa shape index (κ1) is 17.2. The van der Waals surface area contributed by atoms with Crippen molar-refractivity contribution >= 4 is 49.2 Å². The lowest BCUT2D eigenvalue weighted by molar-refractivity contribution is 0.147. The lowest BCUT2D eigenvalue weighted by Gasteiger charge is -2.08. The van der Waals surface area contributed by atoms with Gasteiger partial charge >= 0.3 is 0 Å². The molecule has 1 rings (SSSR count). The largest absolute Gasteiger partial charge is 0.380 e. The van der Waals surface area contributed by atoms with Gasteiger partial charge in [-0.15, -0.1) is 11.6 Å². The van der Waals surface area contributed by atoms with E-state index in [0.717, 1.165) is 4.47 Å². The molecule has 0 heterocycles. The number of halogens is 3. The highest BCUT2D eigenvalue weighted by molar-refractivity contribution is 9.10. The summed E-state index contributed by atoms with van der Waals surface area (Å²) in [5, 5.41) is 0.181. The molecule has 0 aliphatic rings. The van der Waals surface area contributed by atoms with Gasteiger partial charge < -0.3 is 4.74 Å². The molecule has 0 aliphatic heterocycles. The van der Waals surface area contributed by atoms with E-state index in [0.29, 0.717) is 25.5 Å². The molecule has 0 radical (unpaired) electrons. The van der Waals surface area contributed by atoms with Crippen LogP contribution in [-0.4, -0.2) is 34.1 Å². The van der Waals surface area contributed by atoms with E-state index in [2.05, 4.69) is 20.7 Å². The fourth-order valence-electron chi connectivity index (χ4n) is 1.31. The van der Waals surface area contributed by atoms with Crippen LogP contribution >= 0.6 is 39.1 Å². The van der Waals surface area contributed by atoms with Gasteiger partial charge in [-0.05, 0) is 24.6 Å². The zero-order valence-electron chi connectivity index (χ0n) is 10.0. The quantitative estimate of drug-likeness (QED) is 0.548. The Morgan fingerprint density at radius 3 is 2.68 bits per heavy atom. The molecule has 0 spiro atoms. The van der Waals surface area contributed by atoms with Crippen LogP contribution in [0.3, 0.4) is 0 Å². The summed E-state index contributed by atoms with van der Waals surface area (Å²) < 4.78 is 32.3. The van der Waals surface area contributed by atoms with Crippen molar-refractivity contribution in [1.29, 1.82) is 0 Å². The van der Waals surface area contributed by atoms with Crippen molar-refractivity contribution in [1.82, 2.24) is 4.72 Å². The highest BCUT2D eigenvalue weighted by Gasteiger charge is 2.17. The van der Waals surface area contributed by atoms with Crippen molar-refractivity contribution in [2.45, 2.75) is 11.3 Å². The summed E-state index contributed by atoms with van der Waals surface area (Å²) in [7, 11) is -3.58. The third kappa shape index (κ3) is 5.97. The minimum absolute atomic E-state index is 0.0686. The monoisotopic (exact) mass is 389 g/mol. The third-order valence-corrected chi connectivity index (χ3v) is 4.75. The molecule has 0 saturated carbocycles. The standard InChI is InChI=1S/C11H14BrCl2NO3S/c12-9-2-3-11(10(14)8-9)19(16,17)15-5-1-6-18-7-4-13/h2-3,8,15H,1,4-7H2. The van der Waals surface area contributed by atoms with Gasteiger partial charge in [0.1, 0.15) is 4.90 Å². The van der Waals surface area contributed by atoms with Gasteiger partial charge in [0.25, 0.3) is 0 Å². The normalized spacial score (nSPS) is 11.7. The number of rotatable bonds is 8. The number of hydrogen-bond acceptors (Lipinski definition) is 3. The Bertz CT molecular complexity index is 511. The van der Waals surface area contributed by atoms with Crippen LogP contribution in [-0.2, 0) is 14.8 Å². The van der Waals surface area contributed by atoms with Gasteiger partial charge in [-0.2, -0.15) is 0 Å². The molecule has 8 heteroatoms. The molecule has 0 bridgehead atoms. The van der Waals surface area contributed by atoms with Crippen LogP contribution in [0, 0.1) is 0 Å². The van der Waals surface area contributed by atoms with Gasteiger partial charge in [0, 0.05) is 23.5 Å². The topological polar surface area (TPSA) is 55.4 Å². The number of hydrogen-bond donors (Lipinski definition) is 1. The van der Waals surface area contributed by atoms with Crippen molar-refractivity contribution in [2.24, 2.45) is 0 Å². The highest BCUT2D eigenvalue weighted by atomic mass is 79.9. The lowest BCUT2D eigenvalue weighted by Crippen LogP contribution is -2.26. The van der Waals surface area contributed by atoms with Crippen molar-refractivity contribution in [3.63, 3.8) is 0 Å². The predicted octanol–water partition coefficient (Wildman–Crippen LogP) is 3.03. The van der Waals surface area contributed by atoms with E-state index >= 15 is 0 Å². The maximum Gasteiger partial charge on any atom is 0.242 e. The van der Waals surface area contributed by atoms with Crippen LogP contribution in [0.4, 0.5) is 0 Å². The molecular weight excluding hydrogens is 377 g/mol. The van der Waals surface area contributed by atoms with E-state index in [4.69, 9.17) is 27.9 Å². The SMILES string of the molecule is O=S(=O)(NCCCOCCCl)c1ccc(Br)cc1Cl. The smallest absolute Gasteiger partial charge is 0.242 e. The van der Waals surface area contributed by atoms with E-state index in [1.807, 2.05) is 0 Å². The molecule has 0 fully saturated rings. The van der Waals surface area contributed by atoms with Crippen LogP contribution in [0.5, 0.6) is 0 Å². The maximum atomic E-state index is 12.0. The molecule has 0 atom stereocenters. The Labute approximate surface area is 131 Å². The van der Waals surface area contributed by atoms with Crippen molar-refractivity contribution in [3.05, 3.63) is 27.7 Å². The maximum absolute atomic E-state index is 12.0. The summed E-state index contributed by atoms with van der Waals surface area (Å²) in [6.45, 7) is 1.22. The molecule has 4 nitrogen and oxygen atoms in total. The van der Waals surface area contributed by atoms with E-state index in [1.165, 1.54) is 6.07 Å². The van der Waals surface area contributed by atoms with Crippen LogP contribution in [0.15, 0.2) is 27.6 Å². The van der Waals surface area contributed by atoms with Gasteiger partial charge in [-0.1, -0.05) is 27.5 Å². The predicted molar refractivity (Wildman–Crippen MR) is 80.5 cm³/mol. The zero-order chi connectivity index (χ0) is 14.3. The molecule has 0 aromatic heterocycles. The van der Waals surface area contributed by atoms with E-state index in [1.54, 1.807) is 12.1 Å². The van der Waals surface area contributed by atoms with Gasteiger partial charge in [0.05, 0.1) is 11.6 Å². The van der Waals surface area contributed by atoms with E-state index in [9.17, 15) is 8.42 Å². The van der Waals surface area contributed by atoms with Gasteiger partial charge in [-0.25, -0.2) is 13.1 Å². The summed E-state index contributed by atoms with van der Waals surface area (Å²) in [6, 6.07) is 4.63. The summed E-state index contributed by atoms with van der Waals surface area (Å²) in [6.07, 6.45) is 0.574. The average Bonchev–Trinajstić information content (AvgIpc) is 2.33. The van der Waals surface area contributed by atoms with E-state index < -0.39 is 10.0 Å². The van der Waals surface area contributed by atoms with Gasteiger partial charge in [-0.3, -0.25) is 0 Å². The number of nitrogens with one attached hydrogen (secondary N) is 1. The summed E-state index contributed by atoms with van der Waals surface area (Å²) in [5.41, 5.74) is 0. The lowest BCUT2D eigenvalue weighted by atomic mass is 10.4. The average molecular weight is 391 g/mol. The van der Waals surface area contributed by atoms with Crippen molar-refractivity contribution in [3.8, 4) is 0 Å². The summed E-state index contributed by atoms with van der Waals surface area (Å²) in [4.78, 5) is 0.0686. The van der Waals surface area contributed by atoms with Crippen molar-refractivity contribution in [2.75, 3.05) is 25.6 Å². The highest BCUT2D eigenvalue weighted by Crippen LogP contribution is 2.24. The van der Waals surface area contributed by atoms with Crippen molar-refractivity contribution < 1.29 is 13.2 Å². The first-order chi connectivity index (χ1) is 8.97. The summed E-state index contributed by atoms with van der Waals surface area (Å²) in [5.74, 6) is 0.431. The Kier molecular flexibility index (Phi) is 7.64. The summed E-state index contributed by atoms with van der Waals surface area (Å²) >= 11 is 14.6. The first-order valence-electron chi connectivity index (χ1n) is 5.56. The second-order valence-electron chi connectivity index (χ2n) is 3.63. The zero-order valence-corrected chi connectivity index (χ0v) is 13.9. The van der Waals surface area contributed by atoms with Gasteiger partial charge in [0.15, 0.2) is 0 Å². The molecule has 1 aromatic rings. The number of benzene rings is 1. The Balaban J connectivity index is 2.52.